The maximum absolute atomic E-state index is 12.1. The fraction of sp³-hybridized carbons (Fsp3) is 0.263. The van der Waals surface area contributed by atoms with Crippen LogP contribution in [0.4, 0.5) is 5.69 Å². The van der Waals surface area contributed by atoms with Crippen LogP contribution in [0.3, 0.4) is 0 Å². The Balaban J connectivity index is 1.86. The van der Waals surface area contributed by atoms with E-state index in [4.69, 9.17) is 21.1 Å². The number of halogens is 1. The summed E-state index contributed by atoms with van der Waals surface area (Å²) in [5.74, 6) is -0.539. The van der Waals surface area contributed by atoms with Gasteiger partial charge in [-0.1, -0.05) is 29.3 Å². The van der Waals surface area contributed by atoms with E-state index < -0.39 is 24.1 Å². The molecule has 0 unspecified atom stereocenters. The van der Waals surface area contributed by atoms with E-state index in [2.05, 4.69) is 5.32 Å². The molecule has 2 aromatic carbocycles. The van der Waals surface area contributed by atoms with Crippen LogP contribution in [0.1, 0.15) is 19.4 Å². The fourth-order valence-corrected chi connectivity index (χ4v) is 2.10. The van der Waals surface area contributed by atoms with Crippen molar-refractivity contribution in [2.75, 3.05) is 5.32 Å². The third kappa shape index (κ3) is 5.80. The maximum Gasteiger partial charge on any atom is 0.347 e. The molecule has 0 spiro atoms. The Kier molecular flexibility index (Phi) is 6.42. The van der Waals surface area contributed by atoms with Gasteiger partial charge in [0.05, 0.1) is 0 Å². The highest BCUT2D eigenvalue weighted by Gasteiger charge is 2.23. The largest absolute Gasteiger partial charge is 0.479 e. The number of rotatable bonds is 6. The van der Waals surface area contributed by atoms with Crippen molar-refractivity contribution in [2.45, 2.75) is 33.0 Å². The highest BCUT2D eigenvalue weighted by atomic mass is 35.5. The molecule has 0 saturated heterocycles. The van der Waals surface area contributed by atoms with E-state index in [1.165, 1.54) is 6.92 Å². The van der Waals surface area contributed by atoms with Crippen molar-refractivity contribution in [3.05, 3.63) is 59.1 Å². The Bertz CT molecular complexity index is 728. The van der Waals surface area contributed by atoms with Gasteiger partial charge in [0.15, 0.2) is 12.2 Å². The van der Waals surface area contributed by atoms with Gasteiger partial charge < -0.3 is 14.8 Å². The molecule has 2 rings (SSSR count). The van der Waals surface area contributed by atoms with E-state index in [1.54, 1.807) is 43.3 Å². The molecule has 6 heteroatoms. The van der Waals surface area contributed by atoms with Crippen LogP contribution in [-0.2, 0) is 14.3 Å². The normalized spacial score (nSPS) is 12.8. The minimum Gasteiger partial charge on any atom is -0.479 e. The number of esters is 1. The number of ether oxygens (including phenoxy) is 2. The van der Waals surface area contributed by atoms with Crippen LogP contribution >= 0.6 is 11.6 Å². The standard InChI is InChI=1S/C19H20ClNO4/c1-12-4-8-16(9-5-12)21-18(22)13(2)25-19(23)14(3)24-17-10-6-15(20)7-11-17/h4-11,13-14H,1-3H3,(H,21,22)/t13-,14+/m1/s1. The van der Waals surface area contributed by atoms with E-state index in [1.807, 2.05) is 19.1 Å². The van der Waals surface area contributed by atoms with Crippen molar-refractivity contribution < 1.29 is 19.1 Å². The second-order valence-electron chi connectivity index (χ2n) is 5.65. The van der Waals surface area contributed by atoms with Crippen molar-refractivity contribution in [3.63, 3.8) is 0 Å². The SMILES string of the molecule is Cc1ccc(NC(=O)[C@@H](C)OC(=O)[C@H](C)Oc2ccc(Cl)cc2)cc1. The lowest BCUT2D eigenvalue weighted by atomic mass is 10.2. The Labute approximate surface area is 151 Å². The van der Waals surface area contributed by atoms with Crippen LogP contribution in [0.2, 0.25) is 5.02 Å². The molecule has 0 aromatic heterocycles. The van der Waals surface area contributed by atoms with Gasteiger partial charge in [-0.05, 0) is 57.2 Å². The molecule has 132 valence electrons. The predicted octanol–water partition coefficient (Wildman–Crippen LogP) is 3.99. The number of carbonyl (C=O) groups excluding carboxylic acids is 2. The zero-order valence-corrected chi connectivity index (χ0v) is 15.0. The van der Waals surface area contributed by atoms with E-state index in [0.29, 0.717) is 16.5 Å². The molecule has 2 atom stereocenters. The second-order valence-corrected chi connectivity index (χ2v) is 6.08. The van der Waals surface area contributed by atoms with Gasteiger partial charge >= 0.3 is 5.97 Å². The number of aryl methyl sites for hydroxylation is 1. The average Bonchev–Trinajstić information content (AvgIpc) is 2.58. The van der Waals surface area contributed by atoms with Crippen LogP contribution in [-0.4, -0.2) is 24.1 Å². The van der Waals surface area contributed by atoms with Crippen molar-refractivity contribution in [1.82, 2.24) is 0 Å². The van der Waals surface area contributed by atoms with Crippen molar-refractivity contribution in [1.29, 1.82) is 0 Å². The minimum atomic E-state index is -0.940. The lowest BCUT2D eigenvalue weighted by Crippen LogP contribution is -2.35. The summed E-state index contributed by atoms with van der Waals surface area (Å²) >= 11 is 5.80. The molecule has 0 heterocycles. The van der Waals surface area contributed by atoms with E-state index in [9.17, 15) is 9.59 Å². The van der Waals surface area contributed by atoms with Gasteiger partial charge in [0.2, 0.25) is 0 Å². The number of anilines is 1. The van der Waals surface area contributed by atoms with Crippen molar-refractivity contribution in [2.24, 2.45) is 0 Å². The summed E-state index contributed by atoms with van der Waals surface area (Å²) in [6.45, 7) is 5.02. The molecule has 0 aliphatic rings. The van der Waals surface area contributed by atoms with Crippen LogP contribution in [0.15, 0.2) is 48.5 Å². The number of benzene rings is 2. The summed E-state index contributed by atoms with van der Waals surface area (Å²) < 4.78 is 10.6. The first-order valence-electron chi connectivity index (χ1n) is 7.85. The molecule has 2 aromatic rings. The third-order valence-corrected chi connectivity index (χ3v) is 3.69. The quantitative estimate of drug-likeness (QED) is 0.790. The monoisotopic (exact) mass is 361 g/mol. The summed E-state index contributed by atoms with van der Waals surface area (Å²) in [7, 11) is 0. The van der Waals surface area contributed by atoms with Gasteiger partial charge in [-0.2, -0.15) is 0 Å². The first-order chi connectivity index (χ1) is 11.8. The highest BCUT2D eigenvalue weighted by Crippen LogP contribution is 2.17. The van der Waals surface area contributed by atoms with Crippen LogP contribution < -0.4 is 10.1 Å². The van der Waals surface area contributed by atoms with Crippen LogP contribution in [0.5, 0.6) is 5.75 Å². The molecular weight excluding hydrogens is 342 g/mol. The fourth-order valence-electron chi connectivity index (χ4n) is 1.97. The molecule has 0 aliphatic carbocycles. The number of carbonyl (C=O) groups is 2. The van der Waals surface area contributed by atoms with Crippen LogP contribution in [0, 0.1) is 6.92 Å². The molecule has 25 heavy (non-hydrogen) atoms. The maximum atomic E-state index is 12.1. The smallest absolute Gasteiger partial charge is 0.347 e. The summed E-state index contributed by atoms with van der Waals surface area (Å²) in [5.41, 5.74) is 1.73. The Morgan fingerprint density at radius 3 is 2.16 bits per heavy atom. The Hall–Kier alpha value is -2.53. The molecule has 0 radical (unpaired) electrons. The van der Waals surface area contributed by atoms with Gasteiger partial charge in [-0.25, -0.2) is 4.79 Å². The first-order valence-corrected chi connectivity index (χ1v) is 8.23. The van der Waals surface area contributed by atoms with Crippen LogP contribution in [0.25, 0.3) is 0 Å². The Morgan fingerprint density at radius 2 is 1.56 bits per heavy atom. The van der Waals surface area contributed by atoms with Gasteiger partial charge in [-0.15, -0.1) is 0 Å². The summed E-state index contributed by atoms with van der Waals surface area (Å²) in [4.78, 5) is 24.2. The van der Waals surface area contributed by atoms with Gasteiger partial charge in [0, 0.05) is 10.7 Å². The van der Waals surface area contributed by atoms with E-state index in [-0.39, 0.29) is 0 Å². The molecule has 0 fully saturated rings. The van der Waals surface area contributed by atoms with Crippen molar-refractivity contribution >= 4 is 29.2 Å². The molecule has 5 nitrogen and oxygen atoms in total. The molecule has 0 aliphatic heterocycles. The molecule has 0 bridgehead atoms. The van der Waals surface area contributed by atoms with Gasteiger partial charge in [-0.3, -0.25) is 4.79 Å². The average molecular weight is 362 g/mol. The lowest BCUT2D eigenvalue weighted by Gasteiger charge is -2.18. The first kappa shape index (κ1) is 18.8. The summed E-state index contributed by atoms with van der Waals surface area (Å²) in [6.07, 6.45) is -1.79. The van der Waals surface area contributed by atoms with E-state index in [0.717, 1.165) is 5.56 Å². The molecule has 0 saturated carbocycles. The molecule has 1 amide bonds. The summed E-state index contributed by atoms with van der Waals surface area (Å²) in [6, 6.07) is 14.0. The van der Waals surface area contributed by atoms with Crippen molar-refractivity contribution in [3.8, 4) is 5.75 Å². The zero-order chi connectivity index (χ0) is 18.4. The predicted molar refractivity (Wildman–Crippen MR) is 96.9 cm³/mol. The van der Waals surface area contributed by atoms with Gasteiger partial charge in [0.1, 0.15) is 5.75 Å². The minimum absolute atomic E-state index is 0.407. The lowest BCUT2D eigenvalue weighted by molar-refractivity contribution is -0.159. The number of nitrogens with one attached hydrogen (secondary N) is 1. The van der Waals surface area contributed by atoms with E-state index >= 15 is 0 Å². The summed E-state index contributed by atoms with van der Waals surface area (Å²) in [5, 5.41) is 3.27. The molecular formula is C19H20ClNO4. The number of hydrogen-bond donors (Lipinski definition) is 1. The zero-order valence-electron chi connectivity index (χ0n) is 14.3. The van der Waals surface area contributed by atoms with Gasteiger partial charge in [0.25, 0.3) is 5.91 Å². The molecule has 1 N–H and O–H groups in total. The second kappa shape index (κ2) is 8.53. The number of amides is 1. The third-order valence-electron chi connectivity index (χ3n) is 3.44. The number of hydrogen-bond acceptors (Lipinski definition) is 4. The highest BCUT2D eigenvalue weighted by molar-refractivity contribution is 6.30. The Morgan fingerprint density at radius 1 is 0.960 bits per heavy atom. The topological polar surface area (TPSA) is 64.6 Å².